The van der Waals surface area contributed by atoms with Crippen molar-refractivity contribution in [2.45, 2.75) is 19.4 Å². The highest BCUT2D eigenvalue weighted by atomic mass is 16.5. The summed E-state index contributed by atoms with van der Waals surface area (Å²) in [7, 11) is 0. The van der Waals surface area contributed by atoms with Gasteiger partial charge in [-0.2, -0.15) is 0 Å². The Morgan fingerprint density at radius 3 is 2.48 bits per heavy atom. The summed E-state index contributed by atoms with van der Waals surface area (Å²) in [6.07, 6.45) is 4.02. The number of carbonyl (C=O) groups is 2. The van der Waals surface area contributed by atoms with Crippen molar-refractivity contribution in [3.63, 3.8) is 0 Å². The molecule has 7 nitrogen and oxygen atoms in total. The smallest absolute Gasteiger partial charge is 0.340 e. The summed E-state index contributed by atoms with van der Waals surface area (Å²) in [6, 6.07) is 18.4. The molecule has 7 heteroatoms. The second kappa shape index (κ2) is 9.84. The number of hydrogen-bond acceptors (Lipinski definition) is 6. The minimum atomic E-state index is -0.568. The van der Waals surface area contributed by atoms with Gasteiger partial charge >= 0.3 is 5.97 Å². The van der Waals surface area contributed by atoms with E-state index in [0.29, 0.717) is 23.5 Å². The van der Waals surface area contributed by atoms with Crippen LogP contribution in [0.3, 0.4) is 0 Å². The number of esters is 1. The molecule has 1 aromatic heterocycles. The molecule has 160 valence electrons. The Morgan fingerprint density at radius 2 is 1.74 bits per heavy atom. The predicted molar refractivity (Wildman–Crippen MR) is 119 cm³/mol. The summed E-state index contributed by atoms with van der Waals surface area (Å²) in [5.41, 5.74) is 2.80. The van der Waals surface area contributed by atoms with E-state index in [1.165, 1.54) is 12.8 Å². The van der Waals surface area contributed by atoms with Crippen LogP contribution in [0.4, 0.5) is 17.1 Å². The zero-order chi connectivity index (χ0) is 21.5. The highest BCUT2D eigenvalue weighted by Crippen LogP contribution is 2.22. The predicted octanol–water partition coefficient (Wildman–Crippen LogP) is 4.29. The molecule has 4 rings (SSSR count). The topological polar surface area (TPSA) is 83.8 Å². The van der Waals surface area contributed by atoms with Gasteiger partial charge in [0.1, 0.15) is 5.76 Å². The normalized spacial score (nSPS) is 13.1. The molecule has 1 aliphatic heterocycles. The van der Waals surface area contributed by atoms with Crippen LogP contribution in [0, 0.1) is 0 Å². The second-order valence-corrected chi connectivity index (χ2v) is 7.34. The number of ether oxygens (including phenoxy) is 1. The molecule has 0 unspecified atom stereocenters. The lowest BCUT2D eigenvalue weighted by molar-refractivity contribution is -0.119. The molecule has 0 aliphatic carbocycles. The van der Waals surface area contributed by atoms with Crippen LogP contribution in [0.5, 0.6) is 0 Å². The van der Waals surface area contributed by atoms with Gasteiger partial charge in [-0.05, 0) is 61.4 Å². The highest BCUT2D eigenvalue weighted by molar-refractivity contribution is 5.98. The molecule has 2 N–H and O–H groups in total. The van der Waals surface area contributed by atoms with Crippen molar-refractivity contribution >= 4 is 28.9 Å². The summed E-state index contributed by atoms with van der Waals surface area (Å²) in [6.45, 7) is 2.21. The van der Waals surface area contributed by atoms with Gasteiger partial charge in [-0.3, -0.25) is 4.79 Å². The van der Waals surface area contributed by atoms with Gasteiger partial charge in [-0.15, -0.1) is 0 Å². The van der Waals surface area contributed by atoms with Gasteiger partial charge < -0.3 is 24.7 Å². The van der Waals surface area contributed by atoms with Crippen LogP contribution in [0.1, 0.15) is 29.0 Å². The molecule has 1 saturated heterocycles. The van der Waals surface area contributed by atoms with Crippen molar-refractivity contribution < 1.29 is 18.7 Å². The molecule has 3 aromatic rings. The number of carbonyl (C=O) groups excluding carboxylic acids is 2. The van der Waals surface area contributed by atoms with Crippen LogP contribution in [0.15, 0.2) is 71.3 Å². The fraction of sp³-hybridized carbons (Fsp3) is 0.250. The molecule has 0 saturated carbocycles. The third-order valence-corrected chi connectivity index (χ3v) is 5.14. The van der Waals surface area contributed by atoms with Crippen LogP contribution < -0.4 is 15.5 Å². The average Bonchev–Trinajstić information content (AvgIpc) is 3.51. The average molecular weight is 419 g/mol. The zero-order valence-electron chi connectivity index (χ0n) is 17.2. The molecule has 0 atom stereocenters. The molecule has 31 heavy (non-hydrogen) atoms. The van der Waals surface area contributed by atoms with Gasteiger partial charge in [-0.1, -0.05) is 12.1 Å². The van der Waals surface area contributed by atoms with Crippen molar-refractivity contribution in [2.24, 2.45) is 0 Å². The number of anilines is 3. The Kier molecular flexibility index (Phi) is 6.52. The number of benzene rings is 2. The fourth-order valence-electron chi connectivity index (χ4n) is 3.55. The van der Waals surface area contributed by atoms with E-state index < -0.39 is 5.97 Å². The monoisotopic (exact) mass is 419 g/mol. The molecule has 1 amide bonds. The molecule has 2 heterocycles. The maximum absolute atomic E-state index is 12.5. The first-order valence-electron chi connectivity index (χ1n) is 10.4. The third kappa shape index (κ3) is 5.45. The summed E-state index contributed by atoms with van der Waals surface area (Å²) in [4.78, 5) is 27.1. The number of nitrogens with zero attached hydrogens (tertiary/aromatic N) is 1. The van der Waals surface area contributed by atoms with E-state index in [2.05, 4.69) is 15.5 Å². The van der Waals surface area contributed by atoms with Crippen LogP contribution >= 0.6 is 0 Å². The van der Waals surface area contributed by atoms with Crippen molar-refractivity contribution in [1.29, 1.82) is 0 Å². The van der Waals surface area contributed by atoms with E-state index in [4.69, 9.17) is 9.15 Å². The highest BCUT2D eigenvalue weighted by Gasteiger charge is 2.15. The molecule has 0 bridgehead atoms. The van der Waals surface area contributed by atoms with Gasteiger partial charge in [0, 0.05) is 30.2 Å². The van der Waals surface area contributed by atoms with Gasteiger partial charge in [0.05, 0.1) is 18.4 Å². The number of amides is 1. The third-order valence-electron chi connectivity index (χ3n) is 5.14. The lowest BCUT2D eigenvalue weighted by Gasteiger charge is -2.17. The first-order valence-corrected chi connectivity index (χ1v) is 10.4. The minimum Gasteiger partial charge on any atom is -0.467 e. The van der Waals surface area contributed by atoms with E-state index in [9.17, 15) is 9.59 Å². The Bertz CT molecular complexity index is 1010. The lowest BCUT2D eigenvalue weighted by atomic mass is 10.2. The quantitative estimate of drug-likeness (QED) is 0.530. The first kappa shape index (κ1) is 20.5. The molecular weight excluding hydrogens is 394 g/mol. The van der Waals surface area contributed by atoms with Crippen LogP contribution in [-0.4, -0.2) is 31.6 Å². The summed E-state index contributed by atoms with van der Waals surface area (Å²) in [5.74, 6) is -0.205. The van der Waals surface area contributed by atoms with Crippen molar-refractivity contribution in [3.8, 4) is 0 Å². The maximum atomic E-state index is 12.5. The molecule has 0 spiro atoms. The molecule has 1 fully saturated rings. The maximum Gasteiger partial charge on any atom is 0.340 e. The van der Waals surface area contributed by atoms with Crippen molar-refractivity contribution in [2.75, 3.05) is 35.2 Å². The lowest BCUT2D eigenvalue weighted by Crippen LogP contribution is -2.21. The Hall–Kier alpha value is -3.74. The Labute approximate surface area is 181 Å². The Morgan fingerprint density at radius 1 is 0.968 bits per heavy atom. The summed E-state index contributed by atoms with van der Waals surface area (Å²) in [5, 5.41) is 5.92. The van der Waals surface area contributed by atoms with Crippen LogP contribution in [0.25, 0.3) is 0 Å². The van der Waals surface area contributed by atoms with Gasteiger partial charge in [-0.25, -0.2) is 4.79 Å². The number of rotatable bonds is 8. The number of hydrogen-bond donors (Lipinski definition) is 2. The second-order valence-electron chi connectivity index (χ2n) is 7.34. The first-order chi connectivity index (χ1) is 15.2. The fourth-order valence-corrected chi connectivity index (χ4v) is 3.55. The van der Waals surface area contributed by atoms with E-state index >= 15 is 0 Å². The van der Waals surface area contributed by atoms with Crippen molar-refractivity contribution in [3.05, 3.63) is 78.3 Å². The van der Waals surface area contributed by atoms with Crippen LogP contribution in [0.2, 0.25) is 0 Å². The van der Waals surface area contributed by atoms with Crippen molar-refractivity contribution in [1.82, 2.24) is 0 Å². The van der Waals surface area contributed by atoms with E-state index in [0.717, 1.165) is 24.5 Å². The molecule has 2 aromatic carbocycles. The minimum absolute atomic E-state index is 0.358. The van der Waals surface area contributed by atoms with E-state index in [1.54, 1.807) is 30.5 Å². The molecule has 1 aliphatic rings. The summed E-state index contributed by atoms with van der Waals surface area (Å²) >= 11 is 0. The zero-order valence-corrected chi connectivity index (χ0v) is 17.2. The van der Waals surface area contributed by atoms with Gasteiger partial charge in [0.2, 0.25) is 0 Å². The molecular formula is C24H25N3O4. The van der Waals surface area contributed by atoms with E-state index in [-0.39, 0.29) is 12.5 Å². The van der Waals surface area contributed by atoms with Gasteiger partial charge in [0.25, 0.3) is 5.91 Å². The standard InChI is InChI=1S/C24H25N3O4/c28-23(26-18-9-11-19(12-10-18)27-13-3-4-14-27)17-31-24(29)21-7-1-2-8-22(21)25-16-20-6-5-15-30-20/h1-2,5-12,15,25H,3-4,13-14,16-17H2,(H,26,28). The van der Waals surface area contributed by atoms with Crippen LogP contribution in [-0.2, 0) is 16.1 Å². The number of furan rings is 1. The molecule has 0 radical (unpaired) electrons. The Balaban J connectivity index is 1.28. The largest absolute Gasteiger partial charge is 0.467 e. The summed E-state index contributed by atoms with van der Waals surface area (Å²) < 4.78 is 10.5. The van der Waals surface area contributed by atoms with Gasteiger partial charge in [0.15, 0.2) is 6.61 Å². The SMILES string of the molecule is O=C(COC(=O)c1ccccc1NCc1ccco1)Nc1ccc(N2CCCC2)cc1. The van der Waals surface area contributed by atoms with E-state index in [1.807, 2.05) is 36.4 Å². The number of para-hydroxylation sites is 1. The number of nitrogens with one attached hydrogen (secondary N) is 2.